The lowest BCUT2D eigenvalue weighted by molar-refractivity contribution is 0.262. The van der Waals surface area contributed by atoms with Gasteiger partial charge in [-0.25, -0.2) is 19.4 Å². The van der Waals surface area contributed by atoms with E-state index < -0.39 is 0 Å². The van der Waals surface area contributed by atoms with Gasteiger partial charge in [-0.05, 0) is 61.7 Å². The third kappa shape index (κ3) is 7.71. The predicted octanol–water partition coefficient (Wildman–Crippen LogP) is 7.32. The van der Waals surface area contributed by atoms with E-state index in [2.05, 4.69) is 37.8 Å². The molecule has 0 unspecified atom stereocenters. The number of unbranched alkanes of at least 4 members (excludes halogenated alkanes) is 1. The number of amides is 2. The van der Waals surface area contributed by atoms with Crippen LogP contribution in [-0.4, -0.2) is 35.9 Å². The molecule has 4 N–H and O–H groups in total. The van der Waals surface area contributed by atoms with Crippen molar-refractivity contribution in [3.05, 3.63) is 120 Å². The number of ether oxygens (including phenoxy) is 1. The van der Waals surface area contributed by atoms with Gasteiger partial charge in [-0.2, -0.15) is 5.10 Å². The highest BCUT2D eigenvalue weighted by atomic mass is 16.5. The highest BCUT2D eigenvalue weighted by Crippen LogP contribution is 2.32. The molecule has 0 fully saturated rings. The number of rotatable bonds is 12. The Labute approximate surface area is 272 Å². The fourth-order valence-corrected chi connectivity index (χ4v) is 5.08. The molecule has 11 nitrogen and oxygen atoms in total. The van der Waals surface area contributed by atoms with Crippen molar-refractivity contribution in [2.45, 2.75) is 46.3 Å². The Morgan fingerprint density at radius 3 is 2.47 bits per heavy atom. The Bertz CT molecular complexity index is 1970. The average molecular weight is 629 g/mol. The topological polar surface area (TPSA) is 139 Å². The third-order valence-electron chi connectivity index (χ3n) is 7.54. The van der Waals surface area contributed by atoms with Crippen LogP contribution in [0.4, 0.5) is 27.9 Å². The second kappa shape index (κ2) is 14.5. The van der Waals surface area contributed by atoms with Crippen LogP contribution >= 0.6 is 0 Å². The summed E-state index contributed by atoms with van der Waals surface area (Å²) in [4.78, 5) is 26.1. The zero-order valence-corrected chi connectivity index (χ0v) is 26.3. The molecule has 0 aliphatic rings. The molecule has 11 heteroatoms. The van der Waals surface area contributed by atoms with Gasteiger partial charge in [-0.15, -0.1) is 0 Å². The van der Waals surface area contributed by atoms with E-state index in [0.717, 1.165) is 52.5 Å². The molecule has 0 bridgehead atoms. The quantitative estimate of drug-likeness (QED) is 0.111. The molecular formula is C36H36N8O3. The Kier molecular flexibility index (Phi) is 9.64. The number of nitrogens with one attached hydrogen (secondary N) is 3. The van der Waals surface area contributed by atoms with Gasteiger partial charge in [0.05, 0.1) is 41.8 Å². The summed E-state index contributed by atoms with van der Waals surface area (Å²) in [6, 6.07) is 24.9. The van der Waals surface area contributed by atoms with Gasteiger partial charge in [0.1, 0.15) is 29.8 Å². The highest BCUT2D eigenvalue weighted by Gasteiger charge is 2.15. The average Bonchev–Trinajstić information content (AvgIpc) is 3.49. The van der Waals surface area contributed by atoms with E-state index in [0.29, 0.717) is 41.2 Å². The van der Waals surface area contributed by atoms with Gasteiger partial charge >= 0.3 is 6.03 Å². The number of aliphatic hydroxyl groups is 1. The fraction of sp³-hybridized carbons (Fsp3) is 0.194. The van der Waals surface area contributed by atoms with Crippen molar-refractivity contribution in [2.24, 2.45) is 0 Å². The number of anilines is 4. The molecule has 3 aromatic heterocycles. The van der Waals surface area contributed by atoms with Crippen LogP contribution in [0.5, 0.6) is 5.75 Å². The van der Waals surface area contributed by atoms with E-state index in [1.807, 2.05) is 85.8 Å². The molecule has 6 aromatic rings. The smallest absolute Gasteiger partial charge is 0.324 e. The summed E-state index contributed by atoms with van der Waals surface area (Å²) >= 11 is 0. The van der Waals surface area contributed by atoms with Crippen LogP contribution < -0.4 is 20.7 Å². The predicted molar refractivity (Wildman–Crippen MR) is 183 cm³/mol. The first-order valence-electron chi connectivity index (χ1n) is 15.5. The summed E-state index contributed by atoms with van der Waals surface area (Å²) in [6.45, 7) is 4.32. The minimum atomic E-state index is -0.369. The second-order valence-electron chi connectivity index (χ2n) is 11.1. The van der Waals surface area contributed by atoms with Crippen LogP contribution in [0, 0.1) is 6.92 Å². The first-order chi connectivity index (χ1) is 23.0. The molecule has 0 aliphatic heterocycles. The molecule has 47 heavy (non-hydrogen) atoms. The van der Waals surface area contributed by atoms with E-state index in [9.17, 15) is 9.90 Å². The Hall–Kier alpha value is -5.81. The van der Waals surface area contributed by atoms with E-state index in [1.54, 1.807) is 17.1 Å². The maximum absolute atomic E-state index is 13.4. The van der Waals surface area contributed by atoms with Crippen molar-refractivity contribution >= 4 is 39.9 Å². The summed E-state index contributed by atoms with van der Waals surface area (Å²) < 4.78 is 8.03. The van der Waals surface area contributed by atoms with Gasteiger partial charge in [0.15, 0.2) is 0 Å². The van der Waals surface area contributed by atoms with Gasteiger partial charge < -0.3 is 20.5 Å². The van der Waals surface area contributed by atoms with Crippen molar-refractivity contribution in [1.82, 2.24) is 24.7 Å². The van der Waals surface area contributed by atoms with E-state index in [-0.39, 0.29) is 12.6 Å². The number of carbonyl (C=O) groups excluding carboxylic acids is 1. The molecule has 2 amide bonds. The van der Waals surface area contributed by atoms with Crippen LogP contribution in [-0.2, 0) is 19.6 Å². The lowest BCUT2D eigenvalue weighted by Crippen LogP contribution is -2.21. The number of fused-ring (bicyclic) bond motifs is 1. The van der Waals surface area contributed by atoms with Crippen molar-refractivity contribution in [2.75, 3.05) is 16.0 Å². The van der Waals surface area contributed by atoms with Crippen LogP contribution in [0.15, 0.2) is 97.5 Å². The fourth-order valence-electron chi connectivity index (χ4n) is 5.08. The van der Waals surface area contributed by atoms with Crippen molar-refractivity contribution in [3.63, 3.8) is 0 Å². The highest BCUT2D eigenvalue weighted by molar-refractivity contribution is 6.07. The molecule has 3 heterocycles. The van der Waals surface area contributed by atoms with Crippen LogP contribution in [0.1, 0.15) is 42.3 Å². The number of aromatic nitrogens is 5. The number of carbonyl (C=O) groups is 1. The van der Waals surface area contributed by atoms with Crippen molar-refractivity contribution < 1.29 is 14.6 Å². The number of urea groups is 1. The molecule has 0 saturated heterocycles. The first kappa shape index (κ1) is 31.2. The number of nitrogens with zero attached hydrogens (tertiary/aromatic N) is 5. The minimum Gasteiger partial charge on any atom is -0.488 e. The maximum atomic E-state index is 13.4. The summed E-state index contributed by atoms with van der Waals surface area (Å²) in [5.74, 6) is 2.39. The first-order valence-corrected chi connectivity index (χ1v) is 15.5. The lowest BCUT2D eigenvalue weighted by atomic mass is 10.1. The molecule has 3 aromatic carbocycles. The molecule has 0 spiro atoms. The molecule has 0 radical (unpaired) electrons. The Morgan fingerprint density at radius 2 is 1.70 bits per heavy atom. The third-order valence-corrected chi connectivity index (χ3v) is 7.54. The van der Waals surface area contributed by atoms with Crippen LogP contribution in [0.3, 0.4) is 0 Å². The summed E-state index contributed by atoms with van der Waals surface area (Å²) in [7, 11) is 0. The molecule has 6 rings (SSSR count). The number of aliphatic hydroxyl groups excluding tert-OH is 1. The zero-order chi connectivity index (χ0) is 32.6. The van der Waals surface area contributed by atoms with Gasteiger partial charge in [0.2, 0.25) is 0 Å². The van der Waals surface area contributed by atoms with Crippen molar-refractivity contribution in [3.8, 4) is 11.4 Å². The molecular weight excluding hydrogens is 592 g/mol. The van der Waals surface area contributed by atoms with Gasteiger partial charge in [-0.3, -0.25) is 10.3 Å². The van der Waals surface area contributed by atoms with Gasteiger partial charge in [0.25, 0.3) is 0 Å². The molecule has 0 saturated carbocycles. The number of pyridine rings is 1. The summed E-state index contributed by atoms with van der Waals surface area (Å²) in [5, 5.41) is 24.8. The molecule has 0 atom stereocenters. The van der Waals surface area contributed by atoms with Gasteiger partial charge in [0, 0.05) is 23.0 Å². The standard InChI is InChI=1S/C36H36N8O3/c1-3-4-7-26-19-35(44(43-26)28-12-10-24(2)11-13-28)42-36(46)40-31-14-15-32(30-9-6-5-8-29(30)31)47-23-25-16-17-37-33(18-25)41-34-21-38-27(22-45)20-39-34/h5-6,8-21,45H,3-4,7,22-23H2,1-2H3,(H,37,39,41)(H2,40,42,46). The number of hydrogen-bond acceptors (Lipinski definition) is 8. The SMILES string of the molecule is CCCCc1cc(NC(=O)Nc2ccc(OCc3ccnc(Nc4cnc(CO)cn4)c3)c3ccccc23)n(-c2ccc(C)cc2)n1. The lowest BCUT2D eigenvalue weighted by Gasteiger charge is -2.15. The van der Waals surface area contributed by atoms with E-state index in [1.165, 1.54) is 6.20 Å². The van der Waals surface area contributed by atoms with E-state index >= 15 is 0 Å². The van der Waals surface area contributed by atoms with Gasteiger partial charge in [-0.1, -0.05) is 55.3 Å². The second-order valence-corrected chi connectivity index (χ2v) is 11.1. The zero-order valence-electron chi connectivity index (χ0n) is 26.3. The maximum Gasteiger partial charge on any atom is 0.324 e. The van der Waals surface area contributed by atoms with Crippen LogP contribution in [0.25, 0.3) is 16.5 Å². The normalized spacial score (nSPS) is 11.0. The monoisotopic (exact) mass is 628 g/mol. The Balaban J connectivity index is 1.16. The van der Waals surface area contributed by atoms with E-state index in [4.69, 9.17) is 9.84 Å². The summed E-state index contributed by atoms with van der Waals surface area (Å²) in [5.41, 5.74) is 5.00. The number of benzene rings is 3. The van der Waals surface area contributed by atoms with Crippen LogP contribution in [0.2, 0.25) is 0 Å². The van der Waals surface area contributed by atoms with Crippen molar-refractivity contribution in [1.29, 1.82) is 0 Å². The largest absolute Gasteiger partial charge is 0.488 e. The summed E-state index contributed by atoms with van der Waals surface area (Å²) in [6.07, 6.45) is 7.66. The minimum absolute atomic E-state index is 0.168. The molecule has 238 valence electrons. The number of aryl methyl sites for hydroxylation is 2. The molecule has 0 aliphatic carbocycles. The Morgan fingerprint density at radius 1 is 0.872 bits per heavy atom. The number of hydrogen-bond donors (Lipinski definition) is 4.